The fraction of sp³-hybridized carbons (Fsp3) is 0.222. The van der Waals surface area contributed by atoms with Gasteiger partial charge in [-0.1, -0.05) is 35.3 Å². The Morgan fingerprint density at radius 3 is 2.50 bits per heavy atom. The van der Waals surface area contributed by atoms with Crippen molar-refractivity contribution in [2.24, 2.45) is 0 Å². The first-order valence-electron chi connectivity index (χ1n) is 7.82. The topological polar surface area (TPSA) is 67.9 Å². The Kier molecular flexibility index (Phi) is 5.54. The second kappa shape index (κ2) is 7.85. The highest BCUT2D eigenvalue weighted by atomic mass is 35.5. The standard InChI is InChI=1S/C18H16Cl2N2O4/c1-11(23)22(8-12-5-6-15-16(7-12)26-10-25-15)9-17(24)21-18-13(19)3-2-4-14(18)20/h2-7H,8-10H2,1H3,(H,21,24). The highest BCUT2D eigenvalue weighted by molar-refractivity contribution is 6.39. The molecule has 8 heteroatoms. The molecule has 0 atom stereocenters. The molecule has 0 aliphatic carbocycles. The lowest BCUT2D eigenvalue weighted by Crippen LogP contribution is -2.36. The first-order chi connectivity index (χ1) is 12.4. The third-order valence-electron chi connectivity index (χ3n) is 3.82. The first-order valence-corrected chi connectivity index (χ1v) is 8.57. The largest absolute Gasteiger partial charge is 0.454 e. The lowest BCUT2D eigenvalue weighted by Gasteiger charge is -2.21. The summed E-state index contributed by atoms with van der Waals surface area (Å²) in [6.07, 6.45) is 0. The van der Waals surface area contributed by atoms with Crippen LogP contribution in [0, 0.1) is 0 Å². The van der Waals surface area contributed by atoms with Crippen molar-refractivity contribution in [2.45, 2.75) is 13.5 Å². The number of carbonyl (C=O) groups excluding carboxylic acids is 2. The van der Waals surface area contributed by atoms with Crippen LogP contribution in [0.2, 0.25) is 10.0 Å². The van der Waals surface area contributed by atoms with Crippen molar-refractivity contribution >= 4 is 40.7 Å². The molecule has 1 aliphatic rings. The van der Waals surface area contributed by atoms with Gasteiger partial charge in [0.1, 0.15) is 6.54 Å². The summed E-state index contributed by atoms with van der Waals surface area (Å²) >= 11 is 12.1. The van der Waals surface area contributed by atoms with Gasteiger partial charge in [0.25, 0.3) is 0 Å². The summed E-state index contributed by atoms with van der Waals surface area (Å²) in [6.45, 7) is 1.71. The summed E-state index contributed by atoms with van der Waals surface area (Å²) in [5.74, 6) is 0.659. The zero-order valence-corrected chi connectivity index (χ0v) is 15.4. The molecule has 136 valence electrons. The number of nitrogens with one attached hydrogen (secondary N) is 1. The second-order valence-corrected chi connectivity index (χ2v) is 6.52. The quantitative estimate of drug-likeness (QED) is 0.838. The van der Waals surface area contributed by atoms with Crippen molar-refractivity contribution in [3.8, 4) is 11.5 Å². The van der Waals surface area contributed by atoms with Crippen LogP contribution < -0.4 is 14.8 Å². The predicted octanol–water partition coefficient (Wildman–Crippen LogP) is 3.71. The summed E-state index contributed by atoms with van der Waals surface area (Å²) in [5.41, 5.74) is 1.15. The van der Waals surface area contributed by atoms with Gasteiger partial charge in [-0.15, -0.1) is 0 Å². The Bertz CT molecular complexity index is 837. The zero-order valence-electron chi connectivity index (χ0n) is 13.9. The van der Waals surface area contributed by atoms with Crippen molar-refractivity contribution in [3.05, 3.63) is 52.0 Å². The molecule has 0 aromatic heterocycles. The maximum Gasteiger partial charge on any atom is 0.244 e. The Morgan fingerprint density at radius 1 is 1.12 bits per heavy atom. The number of fused-ring (bicyclic) bond motifs is 1. The normalized spacial score (nSPS) is 12.0. The number of benzene rings is 2. The summed E-state index contributed by atoms with van der Waals surface area (Å²) in [6, 6.07) is 10.3. The van der Waals surface area contributed by atoms with Gasteiger partial charge in [-0.3, -0.25) is 9.59 Å². The lowest BCUT2D eigenvalue weighted by molar-refractivity contribution is -0.133. The minimum absolute atomic E-state index is 0.134. The van der Waals surface area contributed by atoms with Crippen LogP contribution in [0.3, 0.4) is 0 Å². The van der Waals surface area contributed by atoms with Crippen molar-refractivity contribution in [1.82, 2.24) is 4.90 Å². The van der Waals surface area contributed by atoms with Gasteiger partial charge < -0.3 is 19.7 Å². The molecule has 3 rings (SSSR count). The van der Waals surface area contributed by atoms with Crippen LogP contribution in [0.15, 0.2) is 36.4 Å². The molecule has 0 saturated carbocycles. The molecule has 1 N–H and O–H groups in total. The van der Waals surface area contributed by atoms with Crippen LogP contribution in [-0.4, -0.2) is 30.1 Å². The average Bonchev–Trinajstić information content (AvgIpc) is 3.05. The SMILES string of the molecule is CC(=O)N(CC(=O)Nc1c(Cl)cccc1Cl)Cc1ccc2c(c1)OCO2. The van der Waals surface area contributed by atoms with E-state index < -0.39 is 5.91 Å². The number of nitrogens with zero attached hydrogens (tertiary/aromatic N) is 1. The monoisotopic (exact) mass is 394 g/mol. The number of anilines is 1. The Morgan fingerprint density at radius 2 is 1.81 bits per heavy atom. The van der Waals surface area contributed by atoms with Gasteiger partial charge in [-0.2, -0.15) is 0 Å². The molecule has 0 radical (unpaired) electrons. The van der Waals surface area contributed by atoms with Crippen molar-refractivity contribution < 1.29 is 19.1 Å². The summed E-state index contributed by atoms with van der Waals surface area (Å²) < 4.78 is 10.6. The van der Waals surface area contributed by atoms with Gasteiger partial charge >= 0.3 is 0 Å². The third kappa shape index (κ3) is 4.20. The zero-order chi connectivity index (χ0) is 18.7. The molecular weight excluding hydrogens is 379 g/mol. The molecule has 0 spiro atoms. The highest BCUT2D eigenvalue weighted by Crippen LogP contribution is 2.33. The molecule has 1 aliphatic heterocycles. The second-order valence-electron chi connectivity index (χ2n) is 5.71. The van der Waals surface area contributed by atoms with Gasteiger partial charge in [0, 0.05) is 13.5 Å². The molecule has 2 aromatic carbocycles. The average molecular weight is 395 g/mol. The van der Waals surface area contributed by atoms with E-state index in [9.17, 15) is 9.59 Å². The number of rotatable bonds is 5. The van der Waals surface area contributed by atoms with E-state index in [-0.39, 0.29) is 25.8 Å². The number of hydrogen-bond acceptors (Lipinski definition) is 4. The molecular formula is C18H16Cl2N2O4. The van der Waals surface area contributed by atoms with Crippen LogP contribution in [-0.2, 0) is 16.1 Å². The number of para-hydroxylation sites is 1. The Labute approximate surface area is 160 Å². The van der Waals surface area contributed by atoms with E-state index in [0.29, 0.717) is 27.2 Å². The van der Waals surface area contributed by atoms with Crippen LogP contribution in [0.1, 0.15) is 12.5 Å². The van der Waals surface area contributed by atoms with Gasteiger partial charge in [-0.25, -0.2) is 0 Å². The minimum atomic E-state index is -0.393. The molecule has 6 nitrogen and oxygen atoms in total. The van der Waals surface area contributed by atoms with Crippen LogP contribution in [0.25, 0.3) is 0 Å². The fourth-order valence-corrected chi connectivity index (χ4v) is 3.00. The lowest BCUT2D eigenvalue weighted by atomic mass is 10.2. The smallest absolute Gasteiger partial charge is 0.244 e. The predicted molar refractivity (Wildman–Crippen MR) is 98.7 cm³/mol. The van der Waals surface area contributed by atoms with Crippen molar-refractivity contribution in [1.29, 1.82) is 0 Å². The molecule has 0 bridgehead atoms. The number of hydrogen-bond donors (Lipinski definition) is 1. The fourth-order valence-electron chi connectivity index (χ4n) is 2.51. The van der Waals surface area contributed by atoms with Crippen LogP contribution >= 0.6 is 23.2 Å². The maximum atomic E-state index is 12.3. The molecule has 2 aromatic rings. The van der Waals surface area contributed by atoms with E-state index in [1.807, 2.05) is 6.07 Å². The van der Waals surface area contributed by atoms with Crippen molar-refractivity contribution in [3.63, 3.8) is 0 Å². The summed E-state index contributed by atoms with van der Waals surface area (Å²) in [7, 11) is 0. The van der Waals surface area contributed by atoms with Gasteiger partial charge in [-0.05, 0) is 29.8 Å². The van der Waals surface area contributed by atoms with Gasteiger partial charge in [0.05, 0.1) is 15.7 Å². The Balaban J connectivity index is 1.68. The molecule has 0 saturated heterocycles. The number of carbonyl (C=O) groups is 2. The minimum Gasteiger partial charge on any atom is -0.454 e. The van der Waals surface area contributed by atoms with E-state index in [1.54, 1.807) is 30.3 Å². The molecule has 0 unspecified atom stereocenters. The van der Waals surface area contributed by atoms with Crippen LogP contribution in [0.5, 0.6) is 11.5 Å². The van der Waals surface area contributed by atoms with E-state index in [2.05, 4.69) is 5.32 Å². The first kappa shape index (κ1) is 18.4. The number of amides is 2. The maximum absolute atomic E-state index is 12.3. The van der Waals surface area contributed by atoms with E-state index in [1.165, 1.54) is 11.8 Å². The molecule has 1 heterocycles. The molecule has 26 heavy (non-hydrogen) atoms. The number of halogens is 2. The Hall–Kier alpha value is -2.44. The molecule has 2 amide bonds. The number of ether oxygens (including phenoxy) is 2. The van der Waals surface area contributed by atoms with E-state index in [4.69, 9.17) is 32.7 Å². The van der Waals surface area contributed by atoms with Crippen LogP contribution in [0.4, 0.5) is 5.69 Å². The molecule has 0 fully saturated rings. The summed E-state index contributed by atoms with van der Waals surface area (Å²) in [5, 5.41) is 3.31. The highest BCUT2D eigenvalue weighted by Gasteiger charge is 2.18. The van der Waals surface area contributed by atoms with Gasteiger partial charge in [0.15, 0.2) is 11.5 Å². The summed E-state index contributed by atoms with van der Waals surface area (Å²) in [4.78, 5) is 25.7. The van der Waals surface area contributed by atoms with Gasteiger partial charge in [0.2, 0.25) is 18.6 Å². The van der Waals surface area contributed by atoms with E-state index in [0.717, 1.165) is 5.56 Å². The van der Waals surface area contributed by atoms with E-state index >= 15 is 0 Å². The van der Waals surface area contributed by atoms with Crippen molar-refractivity contribution in [2.75, 3.05) is 18.7 Å². The third-order valence-corrected chi connectivity index (χ3v) is 4.45.